The highest BCUT2D eigenvalue weighted by atomic mass is 16.2. The summed E-state index contributed by atoms with van der Waals surface area (Å²) < 4.78 is 0. The molecular formula is C32H20O4. The summed E-state index contributed by atoms with van der Waals surface area (Å²) in [7, 11) is 0. The summed E-state index contributed by atoms with van der Waals surface area (Å²) in [4.78, 5) is 54.5. The van der Waals surface area contributed by atoms with Crippen LogP contribution in [0.3, 0.4) is 0 Å². The van der Waals surface area contributed by atoms with Crippen molar-refractivity contribution in [3.05, 3.63) is 195 Å². The molecule has 5 rings (SSSR count). The molecular weight excluding hydrogens is 448 g/mol. The predicted molar refractivity (Wildman–Crippen MR) is 142 cm³/mol. The summed E-state index contributed by atoms with van der Waals surface area (Å²) >= 11 is 0. The largest absolute Gasteiger partial charge is 0.285 e. The molecule has 0 N–H and O–H groups in total. The molecule has 0 saturated heterocycles. The summed E-state index contributed by atoms with van der Waals surface area (Å²) in [6.45, 7) is 0. The Bertz CT molecular complexity index is 1590. The molecule has 5 aromatic carbocycles. The summed E-state index contributed by atoms with van der Waals surface area (Å²) in [6.07, 6.45) is 0. The zero-order valence-corrected chi connectivity index (χ0v) is 19.2. The first-order valence-corrected chi connectivity index (χ1v) is 11.5. The van der Waals surface area contributed by atoms with E-state index in [1.54, 1.807) is 97.1 Å². The lowest BCUT2D eigenvalue weighted by atomic mass is 9.92. The SMILES string of the molecule is O=c1c(=O)c(=C(c2ccccc2)c2ccccc2)c(=O)c(=O)c1=C(c1ccccc1)c1ccccc1. The van der Waals surface area contributed by atoms with Crippen molar-refractivity contribution in [2.75, 3.05) is 0 Å². The number of benzene rings is 5. The predicted octanol–water partition coefficient (Wildman–Crippen LogP) is 2.50. The van der Waals surface area contributed by atoms with Crippen LogP contribution in [0.15, 0.2) is 141 Å². The molecule has 0 unspecified atom stereocenters. The van der Waals surface area contributed by atoms with Crippen LogP contribution in [0, 0.1) is 0 Å². The Balaban J connectivity index is 2.04. The Morgan fingerprint density at radius 1 is 0.306 bits per heavy atom. The highest BCUT2D eigenvalue weighted by Crippen LogP contribution is 2.20. The molecule has 0 fully saturated rings. The Kier molecular flexibility index (Phi) is 6.16. The zero-order valence-electron chi connectivity index (χ0n) is 19.2. The third-order valence-electron chi connectivity index (χ3n) is 6.07. The summed E-state index contributed by atoms with van der Waals surface area (Å²) in [5, 5.41) is -0.793. The van der Waals surface area contributed by atoms with E-state index in [2.05, 4.69) is 0 Å². The van der Waals surface area contributed by atoms with Gasteiger partial charge < -0.3 is 0 Å². The van der Waals surface area contributed by atoms with E-state index in [1.807, 2.05) is 24.3 Å². The zero-order chi connectivity index (χ0) is 25.1. The van der Waals surface area contributed by atoms with E-state index in [1.165, 1.54) is 0 Å². The van der Waals surface area contributed by atoms with Gasteiger partial charge in [0.15, 0.2) is 0 Å². The van der Waals surface area contributed by atoms with E-state index in [-0.39, 0.29) is 11.1 Å². The Hall–Kier alpha value is -4.96. The van der Waals surface area contributed by atoms with E-state index in [0.717, 1.165) is 0 Å². The minimum atomic E-state index is -0.985. The van der Waals surface area contributed by atoms with Gasteiger partial charge in [0.1, 0.15) is 0 Å². The van der Waals surface area contributed by atoms with Gasteiger partial charge in [0.2, 0.25) is 21.7 Å². The average Bonchev–Trinajstić information content (AvgIpc) is 2.94. The second kappa shape index (κ2) is 9.72. The van der Waals surface area contributed by atoms with Crippen molar-refractivity contribution in [1.82, 2.24) is 0 Å². The molecule has 0 aliphatic carbocycles. The van der Waals surface area contributed by atoms with Crippen LogP contribution >= 0.6 is 0 Å². The summed E-state index contributed by atoms with van der Waals surface area (Å²) in [5.74, 6) is 0. The Labute approximate surface area is 206 Å². The van der Waals surface area contributed by atoms with Gasteiger partial charge in [-0.2, -0.15) is 0 Å². The third-order valence-corrected chi connectivity index (χ3v) is 6.07. The lowest BCUT2D eigenvalue weighted by Crippen LogP contribution is -2.65. The minimum Gasteiger partial charge on any atom is -0.285 e. The van der Waals surface area contributed by atoms with Crippen LogP contribution in [-0.2, 0) is 0 Å². The molecule has 4 heteroatoms. The standard InChI is InChI=1S/C32H20O4/c33-29-27(25(21-13-5-1-6-14-21)22-15-7-2-8-16-22)30(34)32(36)28(31(29)35)26(23-17-9-3-10-18-23)24-19-11-4-12-20-24/h1-20H. The van der Waals surface area contributed by atoms with Crippen LogP contribution in [0.1, 0.15) is 22.3 Å². The fourth-order valence-corrected chi connectivity index (χ4v) is 4.44. The van der Waals surface area contributed by atoms with Crippen molar-refractivity contribution in [2.24, 2.45) is 0 Å². The van der Waals surface area contributed by atoms with Crippen LogP contribution in [0.2, 0.25) is 0 Å². The van der Waals surface area contributed by atoms with Gasteiger partial charge in [-0.3, -0.25) is 19.2 Å². The van der Waals surface area contributed by atoms with Gasteiger partial charge in [-0.1, -0.05) is 121 Å². The van der Waals surface area contributed by atoms with Crippen molar-refractivity contribution in [3.63, 3.8) is 0 Å². The second-order valence-electron chi connectivity index (χ2n) is 8.28. The molecule has 172 valence electrons. The molecule has 0 heterocycles. The van der Waals surface area contributed by atoms with E-state index >= 15 is 0 Å². The normalized spacial score (nSPS) is 10.7. The van der Waals surface area contributed by atoms with Crippen LogP contribution < -0.4 is 32.2 Å². The van der Waals surface area contributed by atoms with Crippen molar-refractivity contribution in [2.45, 2.75) is 0 Å². The number of rotatable bonds is 4. The lowest BCUT2D eigenvalue weighted by Gasteiger charge is -2.09. The summed E-state index contributed by atoms with van der Waals surface area (Å²) in [6, 6.07) is 35.4. The van der Waals surface area contributed by atoms with E-state index in [9.17, 15) is 19.2 Å². The monoisotopic (exact) mass is 468 g/mol. The average molecular weight is 469 g/mol. The lowest BCUT2D eigenvalue weighted by molar-refractivity contribution is 1.23. The molecule has 0 aliphatic heterocycles. The highest BCUT2D eigenvalue weighted by Gasteiger charge is 2.19. The second-order valence-corrected chi connectivity index (χ2v) is 8.28. The van der Waals surface area contributed by atoms with Crippen LogP contribution in [0.5, 0.6) is 0 Å². The van der Waals surface area contributed by atoms with E-state index in [0.29, 0.717) is 22.3 Å². The molecule has 0 aromatic heterocycles. The molecule has 5 aromatic rings. The van der Waals surface area contributed by atoms with Gasteiger partial charge in [0, 0.05) is 11.1 Å². The topological polar surface area (TPSA) is 68.3 Å². The quantitative estimate of drug-likeness (QED) is 0.380. The number of hydrogen-bond acceptors (Lipinski definition) is 4. The van der Waals surface area contributed by atoms with Crippen molar-refractivity contribution in [3.8, 4) is 0 Å². The molecule has 0 atom stereocenters. The van der Waals surface area contributed by atoms with Crippen molar-refractivity contribution < 1.29 is 0 Å². The maximum Gasteiger partial charge on any atom is 0.238 e. The first-order valence-electron chi connectivity index (χ1n) is 11.5. The smallest absolute Gasteiger partial charge is 0.238 e. The molecule has 36 heavy (non-hydrogen) atoms. The van der Waals surface area contributed by atoms with Crippen LogP contribution in [0.4, 0.5) is 0 Å². The molecule has 0 aliphatic rings. The maximum absolute atomic E-state index is 13.6. The third kappa shape index (κ3) is 4.05. The molecule has 0 saturated carbocycles. The maximum atomic E-state index is 13.6. The molecule has 0 radical (unpaired) electrons. The first kappa shape index (κ1) is 22.8. The summed E-state index contributed by atoms with van der Waals surface area (Å²) in [5.41, 5.74) is -1.12. The fourth-order valence-electron chi connectivity index (χ4n) is 4.44. The van der Waals surface area contributed by atoms with Gasteiger partial charge >= 0.3 is 0 Å². The van der Waals surface area contributed by atoms with Gasteiger partial charge in [0.25, 0.3) is 0 Å². The molecule has 0 bridgehead atoms. The minimum absolute atomic E-state index is 0.271. The molecule has 0 spiro atoms. The van der Waals surface area contributed by atoms with Crippen molar-refractivity contribution in [1.29, 1.82) is 0 Å². The van der Waals surface area contributed by atoms with Gasteiger partial charge in [0.05, 0.1) is 10.4 Å². The Morgan fingerprint density at radius 3 is 0.694 bits per heavy atom. The van der Waals surface area contributed by atoms with Gasteiger partial charge in [-0.05, 0) is 22.3 Å². The van der Waals surface area contributed by atoms with Crippen LogP contribution in [-0.4, -0.2) is 0 Å². The molecule has 0 amide bonds. The van der Waals surface area contributed by atoms with E-state index < -0.39 is 32.2 Å². The van der Waals surface area contributed by atoms with Gasteiger partial charge in [-0.15, -0.1) is 0 Å². The fraction of sp³-hybridized carbons (Fsp3) is 0. The first-order chi connectivity index (χ1) is 17.6. The highest BCUT2D eigenvalue weighted by molar-refractivity contribution is 5.81. The molecule has 4 nitrogen and oxygen atoms in total. The van der Waals surface area contributed by atoms with E-state index in [4.69, 9.17) is 0 Å². The van der Waals surface area contributed by atoms with Crippen LogP contribution in [0.25, 0.3) is 11.1 Å². The van der Waals surface area contributed by atoms with Crippen molar-refractivity contribution >= 4 is 11.1 Å². The Morgan fingerprint density at radius 2 is 0.500 bits per heavy atom. The van der Waals surface area contributed by atoms with Gasteiger partial charge in [-0.25, -0.2) is 0 Å². The number of hydrogen-bond donors (Lipinski definition) is 0.